The van der Waals surface area contributed by atoms with Gasteiger partial charge in [0.25, 0.3) is 0 Å². The first-order valence-corrected chi connectivity index (χ1v) is 9.38. The standard InChI is InChI=1S/C21H18F6N2O3/c1-32-17-4-2-16(3-5-17)28-19(31)13-8-18(30)29(11-13)10-12-6-14(20(22,23)24)9-15(7-12)21(25,26)27/h2-7,9,13H,8,10-11H2,1H3,(H,28,31)/t13-/m1/s1. The maximum atomic E-state index is 13.0. The summed E-state index contributed by atoms with van der Waals surface area (Å²) in [7, 11) is 1.48. The summed E-state index contributed by atoms with van der Waals surface area (Å²) in [4.78, 5) is 25.8. The summed E-state index contributed by atoms with van der Waals surface area (Å²) >= 11 is 0. The molecule has 0 unspecified atom stereocenters. The van der Waals surface area contributed by atoms with E-state index in [1.165, 1.54) is 7.11 Å². The lowest BCUT2D eigenvalue weighted by Gasteiger charge is -2.19. The van der Waals surface area contributed by atoms with Gasteiger partial charge in [0.1, 0.15) is 5.75 Å². The molecular formula is C21H18F6N2O3. The number of halogens is 6. The van der Waals surface area contributed by atoms with Crippen molar-refractivity contribution in [2.45, 2.75) is 25.3 Å². The summed E-state index contributed by atoms with van der Waals surface area (Å²) in [5, 5.41) is 2.63. The molecule has 1 saturated heterocycles. The largest absolute Gasteiger partial charge is 0.497 e. The third-order valence-electron chi connectivity index (χ3n) is 4.96. The molecule has 32 heavy (non-hydrogen) atoms. The lowest BCUT2D eigenvalue weighted by molar-refractivity contribution is -0.143. The second-order valence-electron chi connectivity index (χ2n) is 7.31. The van der Waals surface area contributed by atoms with Gasteiger partial charge in [0.2, 0.25) is 11.8 Å². The van der Waals surface area contributed by atoms with Gasteiger partial charge in [0, 0.05) is 25.2 Å². The van der Waals surface area contributed by atoms with E-state index in [9.17, 15) is 35.9 Å². The van der Waals surface area contributed by atoms with Crippen molar-refractivity contribution in [1.29, 1.82) is 0 Å². The molecule has 0 bridgehead atoms. The van der Waals surface area contributed by atoms with Crippen LogP contribution in [-0.2, 0) is 28.5 Å². The minimum absolute atomic E-state index is 0.0282. The lowest BCUT2D eigenvalue weighted by atomic mass is 10.0. The lowest BCUT2D eigenvalue weighted by Crippen LogP contribution is -2.28. The summed E-state index contributed by atoms with van der Waals surface area (Å²) in [6.45, 7) is -0.601. The molecule has 2 aromatic rings. The number of nitrogens with one attached hydrogen (secondary N) is 1. The molecule has 1 fully saturated rings. The van der Waals surface area contributed by atoms with Crippen molar-refractivity contribution in [3.63, 3.8) is 0 Å². The summed E-state index contributed by atoms with van der Waals surface area (Å²) in [5.74, 6) is -1.24. The van der Waals surface area contributed by atoms with E-state index in [2.05, 4.69) is 5.32 Å². The fraction of sp³-hybridized carbons (Fsp3) is 0.333. The molecule has 1 heterocycles. The smallest absolute Gasteiger partial charge is 0.416 e. The number of amides is 2. The highest BCUT2D eigenvalue weighted by Gasteiger charge is 2.38. The van der Waals surface area contributed by atoms with E-state index in [1.807, 2.05) is 0 Å². The molecule has 1 aliphatic rings. The van der Waals surface area contributed by atoms with Crippen molar-refractivity contribution >= 4 is 17.5 Å². The number of anilines is 1. The second-order valence-corrected chi connectivity index (χ2v) is 7.31. The third-order valence-corrected chi connectivity index (χ3v) is 4.96. The Morgan fingerprint density at radius 3 is 2.09 bits per heavy atom. The molecule has 5 nitrogen and oxygen atoms in total. The number of hydrogen-bond donors (Lipinski definition) is 1. The van der Waals surface area contributed by atoms with Gasteiger partial charge in [-0.2, -0.15) is 26.3 Å². The predicted molar refractivity (Wildman–Crippen MR) is 102 cm³/mol. The molecule has 0 aliphatic carbocycles. The quantitative estimate of drug-likeness (QED) is 0.657. The Kier molecular flexibility index (Phi) is 6.38. The van der Waals surface area contributed by atoms with Crippen LogP contribution in [0.15, 0.2) is 42.5 Å². The molecule has 0 radical (unpaired) electrons. The summed E-state index contributed by atoms with van der Waals surface area (Å²) in [6.07, 6.45) is -10.2. The van der Waals surface area contributed by atoms with Crippen LogP contribution in [0.2, 0.25) is 0 Å². The van der Waals surface area contributed by atoms with Gasteiger partial charge < -0.3 is 15.0 Å². The third kappa shape index (κ3) is 5.51. The first-order valence-electron chi connectivity index (χ1n) is 9.38. The Bertz CT molecular complexity index is 970. The van der Waals surface area contributed by atoms with Crippen LogP contribution < -0.4 is 10.1 Å². The molecule has 1 atom stereocenters. The highest BCUT2D eigenvalue weighted by molar-refractivity contribution is 5.97. The monoisotopic (exact) mass is 460 g/mol. The van der Waals surface area contributed by atoms with E-state index < -0.39 is 47.8 Å². The van der Waals surface area contributed by atoms with E-state index in [0.29, 0.717) is 23.6 Å². The number of rotatable bonds is 5. The van der Waals surface area contributed by atoms with Crippen molar-refractivity contribution < 1.29 is 40.7 Å². The van der Waals surface area contributed by atoms with Gasteiger partial charge in [0.05, 0.1) is 24.2 Å². The van der Waals surface area contributed by atoms with E-state index in [1.54, 1.807) is 24.3 Å². The van der Waals surface area contributed by atoms with E-state index in [4.69, 9.17) is 4.74 Å². The number of alkyl halides is 6. The molecule has 2 aromatic carbocycles. The zero-order valence-corrected chi connectivity index (χ0v) is 16.7. The number of hydrogen-bond acceptors (Lipinski definition) is 3. The van der Waals surface area contributed by atoms with Crippen LogP contribution >= 0.6 is 0 Å². The first-order chi connectivity index (χ1) is 14.9. The van der Waals surface area contributed by atoms with Crippen LogP contribution in [0.3, 0.4) is 0 Å². The molecule has 1 aliphatic heterocycles. The van der Waals surface area contributed by atoms with Gasteiger partial charge in [-0.15, -0.1) is 0 Å². The minimum Gasteiger partial charge on any atom is -0.497 e. The molecule has 1 N–H and O–H groups in total. The van der Waals surface area contributed by atoms with Crippen LogP contribution in [0.1, 0.15) is 23.1 Å². The number of carbonyl (C=O) groups is 2. The van der Waals surface area contributed by atoms with Gasteiger partial charge in [-0.05, 0) is 48.0 Å². The molecule has 3 rings (SSSR count). The average molecular weight is 460 g/mol. The van der Waals surface area contributed by atoms with E-state index >= 15 is 0 Å². The summed E-state index contributed by atoms with van der Waals surface area (Å²) in [6, 6.07) is 7.60. The Balaban J connectivity index is 1.73. The molecule has 11 heteroatoms. The predicted octanol–water partition coefficient (Wildman–Crippen LogP) is 4.72. The molecule has 0 saturated carbocycles. The normalized spacial score (nSPS) is 16.9. The molecule has 2 amide bonds. The van der Waals surface area contributed by atoms with Crippen LogP contribution in [0, 0.1) is 5.92 Å². The maximum absolute atomic E-state index is 13.0. The first kappa shape index (κ1) is 23.4. The second kappa shape index (κ2) is 8.71. The molecule has 0 aromatic heterocycles. The molecule has 0 spiro atoms. The molecular weight excluding hydrogens is 442 g/mol. The van der Waals surface area contributed by atoms with E-state index in [0.717, 1.165) is 4.90 Å². The van der Waals surface area contributed by atoms with Gasteiger partial charge in [0.15, 0.2) is 0 Å². The topological polar surface area (TPSA) is 58.6 Å². The van der Waals surface area contributed by atoms with Gasteiger partial charge in [-0.25, -0.2) is 0 Å². The SMILES string of the molecule is COc1ccc(NC(=O)[C@@H]2CC(=O)N(Cc3cc(C(F)(F)F)cc(C(F)(F)F)c3)C2)cc1. The van der Waals surface area contributed by atoms with Gasteiger partial charge >= 0.3 is 12.4 Å². The van der Waals surface area contributed by atoms with Crippen LogP contribution in [0.5, 0.6) is 5.75 Å². The average Bonchev–Trinajstić information content (AvgIpc) is 3.07. The van der Waals surface area contributed by atoms with E-state index in [-0.39, 0.29) is 24.6 Å². The van der Waals surface area contributed by atoms with Crippen molar-refractivity contribution in [1.82, 2.24) is 4.90 Å². The van der Waals surface area contributed by atoms with Crippen molar-refractivity contribution in [2.75, 3.05) is 19.0 Å². The number of ether oxygens (including phenoxy) is 1. The Morgan fingerprint density at radius 1 is 1.03 bits per heavy atom. The highest BCUT2D eigenvalue weighted by atomic mass is 19.4. The Morgan fingerprint density at radius 2 is 1.59 bits per heavy atom. The maximum Gasteiger partial charge on any atom is 0.416 e. The van der Waals surface area contributed by atoms with Crippen LogP contribution in [0.25, 0.3) is 0 Å². The van der Waals surface area contributed by atoms with Crippen molar-refractivity contribution in [3.05, 3.63) is 59.2 Å². The summed E-state index contributed by atoms with van der Waals surface area (Å²) < 4.78 is 83.3. The zero-order chi connectivity index (χ0) is 23.7. The molecule has 172 valence electrons. The zero-order valence-electron chi connectivity index (χ0n) is 16.7. The van der Waals surface area contributed by atoms with Gasteiger partial charge in [-0.1, -0.05) is 0 Å². The number of carbonyl (C=O) groups excluding carboxylic acids is 2. The Hall–Kier alpha value is -3.24. The van der Waals surface area contributed by atoms with Gasteiger partial charge in [-0.3, -0.25) is 9.59 Å². The van der Waals surface area contributed by atoms with Crippen molar-refractivity contribution in [2.24, 2.45) is 5.92 Å². The minimum atomic E-state index is -4.98. The Labute approximate surface area is 179 Å². The number of methoxy groups -OCH3 is 1. The number of nitrogens with zero attached hydrogens (tertiary/aromatic N) is 1. The number of benzene rings is 2. The van der Waals surface area contributed by atoms with Crippen LogP contribution in [-0.4, -0.2) is 30.4 Å². The van der Waals surface area contributed by atoms with Crippen LogP contribution in [0.4, 0.5) is 32.0 Å². The number of likely N-dealkylation sites (tertiary alicyclic amines) is 1. The fourth-order valence-corrected chi connectivity index (χ4v) is 3.35. The highest BCUT2D eigenvalue weighted by Crippen LogP contribution is 2.37. The van der Waals surface area contributed by atoms with Crippen molar-refractivity contribution in [3.8, 4) is 5.75 Å². The summed E-state index contributed by atoms with van der Waals surface area (Å²) in [5.41, 5.74) is -2.78. The fourth-order valence-electron chi connectivity index (χ4n) is 3.35.